The van der Waals surface area contributed by atoms with Crippen LogP contribution in [0.25, 0.3) is 0 Å². The van der Waals surface area contributed by atoms with Gasteiger partial charge in [0, 0.05) is 38.8 Å². The van der Waals surface area contributed by atoms with E-state index in [1.807, 2.05) is 4.90 Å². The second-order valence-electron chi connectivity index (χ2n) is 10.4. The van der Waals surface area contributed by atoms with Gasteiger partial charge in [0.05, 0.1) is 0 Å². The van der Waals surface area contributed by atoms with E-state index in [1.165, 1.54) is 30.5 Å². The molecule has 2 aliphatic heterocycles. The number of benzene rings is 1. The minimum absolute atomic E-state index is 0.0942. The van der Waals surface area contributed by atoms with E-state index < -0.39 is 0 Å². The van der Waals surface area contributed by atoms with Crippen LogP contribution in [0.5, 0.6) is 5.75 Å². The molecule has 3 heterocycles. The van der Waals surface area contributed by atoms with Crippen molar-refractivity contribution in [3.8, 4) is 5.75 Å². The van der Waals surface area contributed by atoms with Gasteiger partial charge in [-0.05, 0) is 61.1 Å². The van der Waals surface area contributed by atoms with E-state index in [2.05, 4.69) is 53.2 Å². The van der Waals surface area contributed by atoms with Gasteiger partial charge in [-0.25, -0.2) is 5.10 Å². The lowest BCUT2D eigenvalue weighted by Crippen LogP contribution is -2.49. The molecule has 0 unspecified atom stereocenters. The Bertz CT molecular complexity index is 990. The highest BCUT2D eigenvalue weighted by molar-refractivity contribution is 5.92. The van der Waals surface area contributed by atoms with E-state index in [0.29, 0.717) is 18.2 Å². The molecule has 1 aromatic heterocycles. The summed E-state index contributed by atoms with van der Waals surface area (Å²) in [6, 6.07) is 11.3. The van der Waals surface area contributed by atoms with Crippen LogP contribution in [0.2, 0.25) is 0 Å². The van der Waals surface area contributed by atoms with E-state index in [-0.39, 0.29) is 16.9 Å². The lowest BCUT2D eigenvalue weighted by atomic mass is 9.73. The molecule has 7 nitrogen and oxygen atoms in total. The van der Waals surface area contributed by atoms with Crippen LogP contribution in [0, 0.1) is 11.3 Å². The summed E-state index contributed by atoms with van der Waals surface area (Å²) in [5.41, 5.74) is 1.54. The second kappa shape index (κ2) is 11.2. The van der Waals surface area contributed by atoms with Crippen LogP contribution in [0.4, 0.5) is 0 Å². The van der Waals surface area contributed by atoms with Crippen molar-refractivity contribution in [1.29, 1.82) is 0 Å². The van der Waals surface area contributed by atoms with Crippen LogP contribution in [0.3, 0.4) is 0 Å². The number of amides is 1. The number of nitrogens with one attached hydrogen (secondary N) is 1. The van der Waals surface area contributed by atoms with Crippen molar-refractivity contribution >= 4 is 5.91 Å². The molecule has 184 valence electrons. The number of aryl methyl sites for hydroxylation is 1. The maximum Gasteiger partial charge on any atom is 0.274 e. The Hall–Kier alpha value is -2.67. The van der Waals surface area contributed by atoms with Crippen molar-refractivity contribution in [2.45, 2.75) is 52.4 Å². The van der Waals surface area contributed by atoms with E-state index in [9.17, 15) is 9.59 Å². The number of H-pyrrole nitrogens is 1. The third kappa shape index (κ3) is 6.26. The number of likely N-dealkylation sites (tertiary alicyclic amines) is 1. The largest absolute Gasteiger partial charge is 0.492 e. The molecule has 2 aromatic rings. The van der Waals surface area contributed by atoms with Crippen molar-refractivity contribution in [2.24, 2.45) is 11.3 Å². The van der Waals surface area contributed by atoms with Gasteiger partial charge in [-0.15, -0.1) is 0 Å². The molecule has 1 spiro atoms. The Balaban J connectivity index is 1.46. The molecular formula is C27H38N4O3. The number of aromatic amines is 1. The number of hydrogen-bond acceptors (Lipinski definition) is 5. The van der Waals surface area contributed by atoms with E-state index >= 15 is 0 Å². The molecule has 0 bridgehead atoms. The fourth-order valence-electron chi connectivity index (χ4n) is 5.47. The summed E-state index contributed by atoms with van der Waals surface area (Å²) in [5, 5.41) is 6.31. The smallest absolute Gasteiger partial charge is 0.274 e. The first-order valence-corrected chi connectivity index (χ1v) is 12.7. The Morgan fingerprint density at radius 1 is 1.09 bits per heavy atom. The summed E-state index contributed by atoms with van der Waals surface area (Å²) in [4.78, 5) is 28.7. The topological polar surface area (TPSA) is 78.5 Å². The minimum Gasteiger partial charge on any atom is -0.492 e. The molecule has 1 aromatic carbocycles. The molecule has 1 amide bonds. The Morgan fingerprint density at radius 3 is 2.62 bits per heavy atom. The van der Waals surface area contributed by atoms with Crippen LogP contribution in [-0.2, 0) is 6.42 Å². The summed E-state index contributed by atoms with van der Waals surface area (Å²) in [5.74, 6) is 1.53. The van der Waals surface area contributed by atoms with Gasteiger partial charge in [-0.1, -0.05) is 38.5 Å². The van der Waals surface area contributed by atoms with Gasteiger partial charge in [0.25, 0.3) is 11.5 Å². The van der Waals surface area contributed by atoms with Gasteiger partial charge in [0.15, 0.2) is 0 Å². The highest BCUT2D eigenvalue weighted by Crippen LogP contribution is 2.38. The molecule has 2 aliphatic rings. The number of ether oxygens (including phenoxy) is 1. The Morgan fingerprint density at radius 2 is 1.88 bits per heavy atom. The maximum absolute atomic E-state index is 12.9. The first-order chi connectivity index (χ1) is 16.4. The molecule has 0 atom stereocenters. The molecule has 0 saturated carbocycles. The van der Waals surface area contributed by atoms with Crippen LogP contribution < -0.4 is 10.3 Å². The number of hydrogen-bond donors (Lipinski definition) is 1. The summed E-state index contributed by atoms with van der Waals surface area (Å²) in [6.07, 6.45) is 6.55. The fraction of sp³-hybridized carbons (Fsp3) is 0.593. The van der Waals surface area contributed by atoms with Gasteiger partial charge >= 0.3 is 0 Å². The number of piperidine rings is 1. The van der Waals surface area contributed by atoms with Gasteiger partial charge in [-0.3, -0.25) is 14.5 Å². The Kier molecular flexibility index (Phi) is 8.03. The molecule has 1 fully saturated rings. The van der Waals surface area contributed by atoms with Crippen LogP contribution in [0.15, 0.2) is 41.2 Å². The first-order valence-electron chi connectivity index (χ1n) is 12.7. The zero-order valence-corrected chi connectivity index (χ0v) is 20.6. The van der Waals surface area contributed by atoms with Crippen LogP contribution in [0.1, 0.15) is 62.0 Å². The van der Waals surface area contributed by atoms with Gasteiger partial charge in [-0.2, -0.15) is 5.10 Å². The molecule has 7 heteroatoms. The monoisotopic (exact) mass is 466 g/mol. The van der Waals surface area contributed by atoms with Crippen molar-refractivity contribution in [2.75, 3.05) is 39.3 Å². The summed E-state index contributed by atoms with van der Waals surface area (Å²) in [6.45, 7) is 9.73. The zero-order valence-electron chi connectivity index (χ0n) is 20.6. The standard InChI is InChI=1S/C27H38N4O3/c1-21(2)19-30-17-18-34-24-9-4-3-7-22(24)8-5-6-12-27(20-30)13-15-31(16-14-27)26(33)23-10-11-25(32)29-28-23/h3-4,7,9-11,21H,5-6,8,12-20H2,1-2H3,(H,29,32). The normalized spacial score (nSPS) is 19.7. The number of para-hydroxylation sites is 1. The third-order valence-corrected chi connectivity index (χ3v) is 7.23. The van der Waals surface area contributed by atoms with Crippen LogP contribution >= 0.6 is 0 Å². The average Bonchev–Trinajstić information content (AvgIpc) is 2.82. The Labute approximate surface area is 202 Å². The van der Waals surface area contributed by atoms with E-state index in [1.54, 1.807) is 0 Å². The van der Waals surface area contributed by atoms with Gasteiger partial charge < -0.3 is 9.64 Å². The summed E-state index contributed by atoms with van der Waals surface area (Å²) >= 11 is 0. The number of fused-ring (bicyclic) bond motifs is 1. The molecule has 0 radical (unpaired) electrons. The van der Waals surface area contributed by atoms with Crippen LogP contribution in [-0.4, -0.2) is 65.2 Å². The maximum atomic E-state index is 12.9. The predicted molar refractivity (Wildman–Crippen MR) is 133 cm³/mol. The van der Waals surface area contributed by atoms with Gasteiger partial charge in [0.2, 0.25) is 0 Å². The zero-order chi connectivity index (χ0) is 24.0. The number of aromatic nitrogens is 2. The summed E-state index contributed by atoms with van der Waals surface area (Å²) < 4.78 is 6.23. The van der Waals surface area contributed by atoms with Crippen molar-refractivity contribution in [3.63, 3.8) is 0 Å². The first kappa shape index (κ1) is 24.5. The predicted octanol–water partition coefficient (Wildman–Crippen LogP) is 3.76. The second-order valence-corrected chi connectivity index (χ2v) is 10.4. The lowest BCUT2D eigenvalue weighted by molar-refractivity contribution is 0.0351. The molecule has 34 heavy (non-hydrogen) atoms. The average molecular weight is 467 g/mol. The third-order valence-electron chi connectivity index (χ3n) is 7.23. The number of carbonyl (C=O) groups is 1. The fourth-order valence-corrected chi connectivity index (χ4v) is 5.47. The van der Waals surface area contributed by atoms with Crippen molar-refractivity contribution in [1.82, 2.24) is 20.0 Å². The minimum atomic E-state index is -0.292. The molecule has 1 N–H and O–H groups in total. The highest BCUT2D eigenvalue weighted by Gasteiger charge is 2.37. The molecule has 4 rings (SSSR count). The number of nitrogens with zero attached hydrogens (tertiary/aromatic N) is 3. The lowest BCUT2D eigenvalue weighted by Gasteiger charge is -2.45. The molecule has 1 saturated heterocycles. The molecular weight excluding hydrogens is 428 g/mol. The highest BCUT2D eigenvalue weighted by atomic mass is 16.5. The SMILES string of the molecule is CC(C)CN1CCOc2ccccc2CCCCC2(CCN(C(=O)c3ccc(=O)[nH]n3)CC2)C1. The van der Waals surface area contributed by atoms with E-state index in [4.69, 9.17) is 4.74 Å². The van der Waals surface area contributed by atoms with Gasteiger partial charge in [0.1, 0.15) is 18.1 Å². The quantitative estimate of drug-likeness (QED) is 0.745. The summed E-state index contributed by atoms with van der Waals surface area (Å²) in [7, 11) is 0. The van der Waals surface area contributed by atoms with Crippen molar-refractivity contribution in [3.05, 3.63) is 58.0 Å². The number of rotatable bonds is 3. The molecule has 0 aliphatic carbocycles. The number of carbonyl (C=O) groups excluding carboxylic acids is 1. The van der Waals surface area contributed by atoms with Crippen molar-refractivity contribution < 1.29 is 9.53 Å². The van der Waals surface area contributed by atoms with E-state index in [0.717, 1.165) is 64.2 Å².